The molecule has 0 aromatic rings. The molecule has 0 radical (unpaired) electrons. The van der Waals surface area contributed by atoms with E-state index in [1.165, 1.54) is 13.4 Å². The predicted molar refractivity (Wildman–Crippen MR) is 67.6 cm³/mol. The summed E-state index contributed by atoms with van der Waals surface area (Å²) in [5.41, 5.74) is 0.422. The number of aromatic nitrogens is 4. The highest BCUT2D eigenvalue weighted by atomic mass is 35.5. The number of nitrogens with zero attached hydrogens (tertiary/aromatic N) is 4. The van der Waals surface area contributed by atoms with Gasteiger partial charge in [-0.15, -0.1) is 0 Å². The molecule has 1 unspecified atom stereocenters. The van der Waals surface area contributed by atoms with Crippen LogP contribution in [0.4, 0.5) is 0 Å². The van der Waals surface area contributed by atoms with Crippen LogP contribution in [0.1, 0.15) is 12.6 Å². The zero-order valence-electron chi connectivity index (χ0n) is 10.6. The van der Waals surface area contributed by atoms with Crippen LogP contribution in [0.3, 0.4) is 0 Å². The second kappa shape index (κ2) is 5.13. The molecule has 0 saturated carbocycles. The Hall–Kier alpha value is -1.48. The highest BCUT2D eigenvalue weighted by Crippen LogP contribution is 2.36. The Morgan fingerprint density at radius 2 is 2.35 bits per heavy atom. The van der Waals surface area contributed by atoms with Crippen molar-refractivity contribution in [2.24, 2.45) is 0 Å². The van der Waals surface area contributed by atoms with Crippen molar-refractivity contribution >= 4 is 11.6 Å². The van der Waals surface area contributed by atoms with E-state index < -0.39 is 18.4 Å². The summed E-state index contributed by atoms with van der Waals surface area (Å²) in [6, 6.07) is 0. The lowest BCUT2D eigenvalue weighted by Gasteiger charge is -2.19. The number of methoxy groups -OCH3 is 1. The number of aliphatic hydroxyl groups is 2. The highest BCUT2D eigenvalue weighted by Gasteiger charge is 2.36. The summed E-state index contributed by atoms with van der Waals surface area (Å²) in [4.78, 5) is 12.1. The van der Waals surface area contributed by atoms with Crippen LogP contribution < -0.4 is 4.74 Å². The molecule has 8 nitrogen and oxygen atoms in total. The van der Waals surface area contributed by atoms with Crippen molar-refractivity contribution < 1.29 is 19.7 Å². The Morgan fingerprint density at radius 1 is 1.55 bits per heavy atom. The lowest BCUT2D eigenvalue weighted by molar-refractivity contribution is -0.0467. The van der Waals surface area contributed by atoms with Gasteiger partial charge in [-0.2, -0.15) is 4.98 Å². The Morgan fingerprint density at radius 3 is 3.00 bits per heavy atom. The van der Waals surface area contributed by atoms with Gasteiger partial charge in [-0.25, -0.2) is 9.97 Å². The average molecular weight is 301 g/mol. The largest absolute Gasteiger partial charge is 0.480 e. The molecule has 0 aliphatic carbocycles. The molecular formula is C11H13ClN4O4. The van der Waals surface area contributed by atoms with E-state index in [4.69, 9.17) is 26.2 Å². The van der Waals surface area contributed by atoms with E-state index in [2.05, 4.69) is 15.0 Å². The van der Waals surface area contributed by atoms with Crippen LogP contribution in [-0.2, 0) is 4.74 Å². The highest BCUT2D eigenvalue weighted by molar-refractivity contribution is 6.28. The first kappa shape index (κ1) is 13.5. The predicted octanol–water partition coefficient (Wildman–Crippen LogP) is 0.0806. The SMILES string of the molecule is COc1c2nc(Cl)nc-2ncn1C1C[C@H](O)[C@@H](CO)O1. The number of hydrogen-bond acceptors (Lipinski definition) is 7. The van der Waals surface area contributed by atoms with Gasteiger partial charge in [-0.3, -0.25) is 4.57 Å². The molecule has 20 heavy (non-hydrogen) atoms. The fourth-order valence-corrected chi connectivity index (χ4v) is 2.45. The summed E-state index contributed by atoms with van der Waals surface area (Å²) in [7, 11) is 1.49. The van der Waals surface area contributed by atoms with E-state index >= 15 is 0 Å². The first-order chi connectivity index (χ1) is 9.63. The maximum Gasteiger partial charge on any atom is 0.227 e. The number of ether oxygens (including phenoxy) is 2. The minimum atomic E-state index is -0.743. The molecule has 2 N–H and O–H groups in total. The summed E-state index contributed by atoms with van der Waals surface area (Å²) < 4.78 is 12.5. The minimum Gasteiger partial charge on any atom is -0.480 e. The van der Waals surface area contributed by atoms with Crippen LogP contribution >= 0.6 is 11.6 Å². The van der Waals surface area contributed by atoms with Crippen molar-refractivity contribution in [1.82, 2.24) is 19.5 Å². The van der Waals surface area contributed by atoms with Crippen LogP contribution in [0, 0.1) is 0 Å². The normalized spacial score (nSPS) is 26.3. The van der Waals surface area contributed by atoms with Crippen molar-refractivity contribution in [1.29, 1.82) is 0 Å². The van der Waals surface area contributed by atoms with Gasteiger partial charge >= 0.3 is 0 Å². The number of rotatable bonds is 3. The summed E-state index contributed by atoms with van der Waals surface area (Å²) in [6.07, 6.45) is -0.0519. The van der Waals surface area contributed by atoms with E-state index in [1.54, 1.807) is 4.57 Å². The zero-order valence-corrected chi connectivity index (χ0v) is 11.4. The molecule has 3 heterocycles. The number of halogens is 1. The molecule has 1 fully saturated rings. The standard InChI is InChI=1S/C11H13ClN4O4/c1-19-10-8-9(15-11(12)14-8)13-4-16(10)7-2-5(18)6(3-17)20-7/h4-7,17-18H,2-3H2,1H3/t5-,6+,7?/m0/s1. The third-order valence-corrected chi connectivity index (χ3v) is 3.41. The van der Waals surface area contributed by atoms with Crippen LogP contribution in [0.2, 0.25) is 5.28 Å². The molecule has 0 aromatic heterocycles. The fraction of sp³-hybridized carbons (Fsp3) is 0.545. The molecule has 0 spiro atoms. The monoisotopic (exact) mass is 300 g/mol. The first-order valence-electron chi connectivity index (χ1n) is 6.02. The zero-order chi connectivity index (χ0) is 14.3. The van der Waals surface area contributed by atoms with Gasteiger partial charge in [-0.1, -0.05) is 0 Å². The number of hydrogen-bond donors (Lipinski definition) is 2. The Bertz CT molecular complexity index is 592. The Kier molecular flexibility index (Phi) is 3.47. The first-order valence-corrected chi connectivity index (χ1v) is 6.40. The van der Waals surface area contributed by atoms with Gasteiger partial charge in [0, 0.05) is 6.42 Å². The number of aliphatic hydroxyl groups excluding tert-OH is 2. The van der Waals surface area contributed by atoms with Gasteiger partial charge in [-0.05, 0) is 11.6 Å². The van der Waals surface area contributed by atoms with Gasteiger partial charge in [0.25, 0.3) is 0 Å². The topological polar surface area (TPSA) is 103 Å². The van der Waals surface area contributed by atoms with Gasteiger partial charge in [0.15, 0.2) is 11.5 Å². The van der Waals surface area contributed by atoms with Gasteiger partial charge in [0.05, 0.1) is 19.8 Å². The minimum absolute atomic E-state index is 0.0872. The van der Waals surface area contributed by atoms with Crippen LogP contribution in [0.15, 0.2) is 6.33 Å². The lowest BCUT2D eigenvalue weighted by Crippen LogP contribution is -2.24. The van der Waals surface area contributed by atoms with Gasteiger partial charge in [0.1, 0.15) is 18.7 Å². The van der Waals surface area contributed by atoms with Crippen LogP contribution in [0.25, 0.3) is 11.5 Å². The molecule has 0 bridgehead atoms. The smallest absolute Gasteiger partial charge is 0.227 e. The lowest BCUT2D eigenvalue weighted by atomic mass is 10.2. The molecule has 3 aliphatic rings. The van der Waals surface area contributed by atoms with Crippen molar-refractivity contribution in [3.63, 3.8) is 0 Å². The summed E-state index contributed by atoms with van der Waals surface area (Å²) in [5.74, 6) is 0.769. The molecule has 3 atom stereocenters. The molecule has 3 aliphatic heterocycles. The van der Waals surface area contributed by atoms with E-state index in [1.807, 2.05) is 0 Å². The van der Waals surface area contributed by atoms with E-state index in [9.17, 15) is 5.11 Å². The van der Waals surface area contributed by atoms with Crippen molar-refractivity contribution in [3.05, 3.63) is 11.6 Å². The van der Waals surface area contributed by atoms with Gasteiger partial charge < -0.3 is 19.7 Å². The van der Waals surface area contributed by atoms with Gasteiger partial charge in [0.2, 0.25) is 11.2 Å². The summed E-state index contributed by atoms with van der Waals surface area (Å²) >= 11 is 5.76. The molecule has 108 valence electrons. The molecule has 3 rings (SSSR count). The quantitative estimate of drug-likeness (QED) is 0.774. The molecular weight excluding hydrogens is 288 g/mol. The summed E-state index contributed by atoms with van der Waals surface area (Å²) in [6.45, 7) is -0.252. The molecule has 0 amide bonds. The van der Waals surface area contributed by atoms with Crippen molar-refractivity contribution in [2.45, 2.75) is 24.9 Å². The Balaban J connectivity index is 2.02. The third-order valence-electron chi connectivity index (χ3n) is 3.24. The fourth-order valence-electron chi connectivity index (χ4n) is 2.29. The van der Waals surface area contributed by atoms with E-state index in [-0.39, 0.29) is 11.9 Å². The summed E-state index contributed by atoms with van der Waals surface area (Å²) in [5, 5.41) is 19.0. The molecule has 9 heteroatoms. The average Bonchev–Trinajstić information content (AvgIpc) is 2.99. The van der Waals surface area contributed by atoms with Crippen molar-refractivity contribution in [2.75, 3.05) is 13.7 Å². The van der Waals surface area contributed by atoms with Crippen LogP contribution in [0.5, 0.6) is 5.88 Å². The second-order valence-electron chi connectivity index (χ2n) is 4.44. The maximum absolute atomic E-state index is 9.79. The number of imidazole rings is 1. The van der Waals surface area contributed by atoms with E-state index in [0.717, 1.165) is 0 Å². The third kappa shape index (κ3) is 2.10. The van der Waals surface area contributed by atoms with Crippen molar-refractivity contribution in [3.8, 4) is 17.4 Å². The van der Waals surface area contributed by atoms with E-state index in [0.29, 0.717) is 23.8 Å². The second-order valence-corrected chi connectivity index (χ2v) is 4.78. The maximum atomic E-state index is 9.79. The molecule has 1 saturated heterocycles. The molecule has 0 aromatic carbocycles. The number of fused-ring (bicyclic) bond motifs is 1. The Labute approximate surface area is 119 Å². The van der Waals surface area contributed by atoms with Crippen LogP contribution in [-0.4, -0.2) is 55.7 Å².